The van der Waals surface area contributed by atoms with Crippen LogP contribution in [0, 0.1) is 11.6 Å². The Morgan fingerprint density at radius 1 is 1.16 bits per heavy atom. The fourth-order valence-electron chi connectivity index (χ4n) is 2.01. The topological polar surface area (TPSA) is 45.8 Å². The summed E-state index contributed by atoms with van der Waals surface area (Å²) in [6.07, 6.45) is 0.640. The van der Waals surface area contributed by atoms with Gasteiger partial charge in [-0.3, -0.25) is 9.89 Å². The molecule has 0 saturated heterocycles. The molecular formula is C14H8F2N2O. The number of nitrogens with one attached hydrogen (secondary N) is 1. The van der Waals surface area contributed by atoms with Gasteiger partial charge >= 0.3 is 0 Å². The molecule has 94 valence electrons. The zero-order chi connectivity index (χ0) is 13.4. The number of halogens is 2. The number of H-pyrrole nitrogens is 1. The fourth-order valence-corrected chi connectivity index (χ4v) is 2.01. The average molecular weight is 258 g/mol. The number of hydrogen-bond acceptors (Lipinski definition) is 2. The molecule has 19 heavy (non-hydrogen) atoms. The number of nitrogens with zero attached hydrogens (tertiary/aromatic N) is 1. The minimum Gasteiger partial charge on any atom is -0.296 e. The highest BCUT2D eigenvalue weighted by Gasteiger charge is 2.12. The van der Waals surface area contributed by atoms with Gasteiger partial charge in [0.15, 0.2) is 17.9 Å². The van der Waals surface area contributed by atoms with Gasteiger partial charge in [0.05, 0.1) is 5.52 Å². The van der Waals surface area contributed by atoms with E-state index in [0.29, 0.717) is 28.4 Å². The van der Waals surface area contributed by atoms with E-state index in [1.165, 1.54) is 12.1 Å². The molecule has 0 aliphatic heterocycles. The summed E-state index contributed by atoms with van der Waals surface area (Å²) in [6, 6.07) is 8.88. The lowest BCUT2D eigenvalue weighted by molar-refractivity contribution is 0.112. The zero-order valence-corrected chi connectivity index (χ0v) is 9.65. The smallest absolute Gasteiger partial charge is 0.168 e. The van der Waals surface area contributed by atoms with Gasteiger partial charge in [0.2, 0.25) is 0 Å². The molecule has 0 radical (unpaired) electrons. The second-order valence-electron chi connectivity index (χ2n) is 4.09. The second-order valence-corrected chi connectivity index (χ2v) is 4.09. The normalized spacial score (nSPS) is 10.8. The van der Waals surface area contributed by atoms with Crippen molar-refractivity contribution in [1.29, 1.82) is 0 Å². The molecule has 1 N–H and O–H groups in total. The Labute approximate surface area is 106 Å². The summed E-state index contributed by atoms with van der Waals surface area (Å²) in [4.78, 5) is 10.8. The monoisotopic (exact) mass is 258 g/mol. The highest BCUT2D eigenvalue weighted by atomic mass is 19.2. The first-order valence-corrected chi connectivity index (χ1v) is 5.58. The molecule has 2 aromatic carbocycles. The standard InChI is InChI=1S/C14H8F2N2O/c15-11-3-1-2-9(14(11)16)8-4-5-12-10(6-8)13(7-19)18-17-12/h1-7H,(H,17,18). The molecule has 0 aliphatic carbocycles. The SMILES string of the molecule is O=Cc1[nH]nc2ccc(-c3cccc(F)c3F)cc12. The predicted octanol–water partition coefficient (Wildman–Crippen LogP) is 3.32. The van der Waals surface area contributed by atoms with Crippen molar-refractivity contribution in [2.24, 2.45) is 0 Å². The lowest BCUT2D eigenvalue weighted by Gasteiger charge is -2.04. The van der Waals surface area contributed by atoms with Gasteiger partial charge in [0, 0.05) is 10.9 Å². The van der Waals surface area contributed by atoms with Crippen LogP contribution in [-0.4, -0.2) is 16.5 Å². The maximum atomic E-state index is 13.7. The van der Waals surface area contributed by atoms with Crippen LogP contribution in [0.1, 0.15) is 10.5 Å². The Morgan fingerprint density at radius 3 is 2.79 bits per heavy atom. The number of aromatic amines is 1. The molecule has 0 amide bonds. The Bertz CT molecular complexity index is 780. The minimum atomic E-state index is -0.905. The lowest BCUT2D eigenvalue weighted by atomic mass is 10.0. The van der Waals surface area contributed by atoms with Crippen molar-refractivity contribution in [3.8, 4) is 11.1 Å². The Morgan fingerprint density at radius 2 is 2.00 bits per heavy atom. The van der Waals surface area contributed by atoms with E-state index in [-0.39, 0.29) is 5.56 Å². The molecule has 0 aliphatic rings. The van der Waals surface area contributed by atoms with Crippen molar-refractivity contribution in [3.05, 3.63) is 53.7 Å². The summed E-state index contributed by atoms with van der Waals surface area (Å²) in [7, 11) is 0. The first-order chi connectivity index (χ1) is 9.20. The summed E-state index contributed by atoms with van der Waals surface area (Å²) in [5.74, 6) is -1.81. The number of hydrogen-bond donors (Lipinski definition) is 1. The van der Waals surface area contributed by atoms with E-state index in [2.05, 4.69) is 10.2 Å². The van der Waals surface area contributed by atoms with Gasteiger partial charge in [-0.25, -0.2) is 8.78 Å². The molecule has 3 aromatic rings. The number of carbonyl (C=O) groups excluding carboxylic acids is 1. The summed E-state index contributed by atoms with van der Waals surface area (Å²) >= 11 is 0. The quantitative estimate of drug-likeness (QED) is 0.717. The van der Waals surface area contributed by atoms with Crippen molar-refractivity contribution in [1.82, 2.24) is 10.2 Å². The summed E-state index contributed by atoms with van der Waals surface area (Å²) < 4.78 is 26.9. The number of carbonyl (C=O) groups is 1. The van der Waals surface area contributed by atoms with Gasteiger partial charge in [0.1, 0.15) is 5.69 Å². The molecule has 3 nitrogen and oxygen atoms in total. The van der Waals surface area contributed by atoms with Crippen molar-refractivity contribution < 1.29 is 13.6 Å². The van der Waals surface area contributed by atoms with Crippen molar-refractivity contribution in [2.45, 2.75) is 0 Å². The lowest BCUT2D eigenvalue weighted by Crippen LogP contribution is -1.89. The van der Waals surface area contributed by atoms with Gasteiger partial charge in [-0.15, -0.1) is 0 Å². The zero-order valence-electron chi connectivity index (χ0n) is 9.65. The Kier molecular flexibility index (Phi) is 2.59. The van der Waals surface area contributed by atoms with E-state index in [0.717, 1.165) is 6.07 Å². The van der Waals surface area contributed by atoms with Crippen LogP contribution in [0.25, 0.3) is 22.0 Å². The van der Waals surface area contributed by atoms with Crippen LogP contribution in [0.5, 0.6) is 0 Å². The first kappa shape index (κ1) is 11.5. The summed E-state index contributed by atoms with van der Waals surface area (Å²) in [5, 5.41) is 7.10. The third-order valence-corrected chi connectivity index (χ3v) is 2.96. The van der Waals surface area contributed by atoms with Crippen LogP contribution in [-0.2, 0) is 0 Å². The minimum absolute atomic E-state index is 0.153. The third kappa shape index (κ3) is 1.79. The van der Waals surface area contributed by atoms with E-state index in [1.807, 2.05) is 0 Å². The van der Waals surface area contributed by atoms with Crippen molar-refractivity contribution in [2.75, 3.05) is 0 Å². The van der Waals surface area contributed by atoms with E-state index >= 15 is 0 Å². The van der Waals surface area contributed by atoms with E-state index in [1.54, 1.807) is 18.2 Å². The van der Waals surface area contributed by atoms with Crippen molar-refractivity contribution in [3.63, 3.8) is 0 Å². The molecule has 0 spiro atoms. The molecule has 0 atom stereocenters. The highest BCUT2D eigenvalue weighted by Crippen LogP contribution is 2.27. The second kappa shape index (κ2) is 4.28. The molecule has 1 aromatic heterocycles. The third-order valence-electron chi connectivity index (χ3n) is 2.96. The number of fused-ring (bicyclic) bond motifs is 1. The van der Waals surface area contributed by atoms with Gasteiger partial charge in [-0.1, -0.05) is 18.2 Å². The number of rotatable bonds is 2. The molecule has 3 rings (SSSR count). The molecule has 0 saturated carbocycles. The number of benzene rings is 2. The largest absolute Gasteiger partial charge is 0.296 e. The van der Waals surface area contributed by atoms with E-state index < -0.39 is 11.6 Å². The molecule has 0 unspecified atom stereocenters. The van der Waals surface area contributed by atoms with E-state index in [9.17, 15) is 13.6 Å². The van der Waals surface area contributed by atoms with Crippen LogP contribution in [0.3, 0.4) is 0 Å². The van der Waals surface area contributed by atoms with E-state index in [4.69, 9.17) is 0 Å². The van der Waals surface area contributed by atoms with Crippen LogP contribution in [0.4, 0.5) is 8.78 Å². The van der Waals surface area contributed by atoms with Crippen LogP contribution >= 0.6 is 0 Å². The maximum Gasteiger partial charge on any atom is 0.168 e. The first-order valence-electron chi connectivity index (χ1n) is 5.58. The van der Waals surface area contributed by atoms with Gasteiger partial charge in [0.25, 0.3) is 0 Å². The summed E-state index contributed by atoms with van der Waals surface area (Å²) in [6.45, 7) is 0. The summed E-state index contributed by atoms with van der Waals surface area (Å²) in [5.41, 5.74) is 1.56. The Hall–Kier alpha value is -2.56. The van der Waals surface area contributed by atoms with Crippen molar-refractivity contribution >= 4 is 17.2 Å². The average Bonchev–Trinajstić information content (AvgIpc) is 2.84. The molecule has 0 bridgehead atoms. The Balaban J connectivity index is 2.25. The number of aromatic nitrogens is 2. The highest BCUT2D eigenvalue weighted by molar-refractivity contribution is 5.96. The molecular weight excluding hydrogens is 250 g/mol. The molecule has 1 heterocycles. The van der Waals surface area contributed by atoms with Crippen LogP contribution in [0.2, 0.25) is 0 Å². The molecule has 0 fully saturated rings. The molecule has 5 heteroatoms. The van der Waals surface area contributed by atoms with Crippen LogP contribution in [0.15, 0.2) is 36.4 Å². The number of aldehydes is 1. The van der Waals surface area contributed by atoms with Gasteiger partial charge in [-0.2, -0.15) is 5.10 Å². The predicted molar refractivity (Wildman–Crippen MR) is 66.8 cm³/mol. The van der Waals surface area contributed by atoms with Crippen LogP contribution < -0.4 is 0 Å². The van der Waals surface area contributed by atoms with Gasteiger partial charge in [-0.05, 0) is 23.8 Å². The maximum absolute atomic E-state index is 13.7. The van der Waals surface area contributed by atoms with Gasteiger partial charge < -0.3 is 0 Å². The fraction of sp³-hybridized carbons (Fsp3) is 0.